The molecule has 118 valence electrons. The fraction of sp³-hybridized carbons (Fsp3) is 0.222. The number of benzene rings is 2. The Morgan fingerprint density at radius 3 is 2.70 bits per heavy atom. The van der Waals surface area contributed by atoms with Gasteiger partial charge in [0.15, 0.2) is 6.61 Å². The van der Waals surface area contributed by atoms with Crippen LogP contribution in [0.5, 0.6) is 0 Å². The Labute approximate surface area is 143 Å². The van der Waals surface area contributed by atoms with Gasteiger partial charge < -0.3 is 10.1 Å². The fourth-order valence-corrected chi connectivity index (χ4v) is 3.23. The van der Waals surface area contributed by atoms with E-state index in [0.29, 0.717) is 10.0 Å². The second-order valence-electron chi connectivity index (χ2n) is 5.41. The minimum absolute atomic E-state index is 0.000799. The summed E-state index contributed by atoms with van der Waals surface area (Å²) in [5.41, 5.74) is 2.83. The molecule has 0 heterocycles. The van der Waals surface area contributed by atoms with Crippen LogP contribution < -0.4 is 5.32 Å². The van der Waals surface area contributed by atoms with E-state index in [4.69, 9.17) is 4.74 Å². The lowest BCUT2D eigenvalue weighted by Crippen LogP contribution is -2.31. The van der Waals surface area contributed by atoms with Crippen molar-refractivity contribution < 1.29 is 14.3 Å². The van der Waals surface area contributed by atoms with Gasteiger partial charge in [-0.3, -0.25) is 4.79 Å². The topological polar surface area (TPSA) is 55.4 Å². The molecule has 0 saturated heterocycles. The third-order valence-corrected chi connectivity index (χ3v) is 4.59. The predicted molar refractivity (Wildman–Crippen MR) is 90.1 cm³/mol. The van der Waals surface area contributed by atoms with Crippen molar-refractivity contribution in [3.05, 3.63) is 69.7 Å². The molecule has 1 atom stereocenters. The van der Waals surface area contributed by atoms with Gasteiger partial charge >= 0.3 is 5.97 Å². The molecule has 5 heteroatoms. The monoisotopic (exact) mass is 373 g/mol. The number of carbonyl (C=O) groups is 2. The molecular formula is C18H16BrNO3. The quantitative estimate of drug-likeness (QED) is 0.835. The number of aryl methyl sites for hydroxylation is 1. The minimum atomic E-state index is -0.514. The van der Waals surface area contributed by atoms with Gasteiger partial charge in [-0.25, -0.2) is 4.79 Å². The molecule has 0 unspecified atom stereocenters. The number of rotatable bonds is 4. The van der Waals surface area contributed by atoms with Gasteiger partial charge in [-0.1, -0.05) is 36.4 Å². The zero-order chi connectivity index (χ0) is 16.2. The van der Waals surface area contributed by atoms with Crippen LogP contribution in [0, 0.1) is 0 Å². The molecule has 1 amide bonds. The number of fused-ring (bicyclic) bond motifs is 1. The van der Waals surface area contributed by atoms with Gasteiger partial charge in [-0.2, -0.15) is 0 Å². The normalized spacial score (nSPS) is 15.8. The summed E-state index contributed by atoms with van der Waals surface area (Å²) in [6, 6.07) is 15.0. The largest absolute Gasteiger partial charge is 0.452 e. The number of esters is 1. The molecule has 4 nitrogen and oxygen atoms in total. The Morgan fingerprint density at radius 2 is 1.87 bits per heavy atom. The summed E-state index contributed by atoms with van der Waals surface area (Å²) in [4.78, 5) is 24.0. The van der Waals surface area contributed by atoms with Crippen molar-refractivity contribution in [2.24, 2.45) is 0 Å². The summed E-state index contributed by atoms with van der Waals surface area (Å²) in [5.74, 6) is -0.799. The van der Waals surface area contributed by atoms with Crippen molar-refractivity contribution in [1.82, 2.24) is 5.32 Å². The van der Waals surface area contributed by atoms with Gasteiger partial charge in [0.25, 0.3) is 5.91 Å². The maximum atomic E-state index is 12.0. The molecule has 0 saturated carbocycles. The van der Waals surface area contributed by atoms with Gasteiger partial charge in [-0.15, -0.1) is 0 Å². The highest BCUT2D eigenvalue weighted by Crippen LogP contribution is 2.30. The number of ether oxygens (including phenoxy) is 1. The van der Waals surface area contributed by atoms with E-state index in [-0.39, 0.29) is 18.6 Å². The van der Waals surface area contributed by atoms with E-state index in [0.717, 1.165) is 18.4 Å². The molecule has 2 aromatic rings. The van der Waals surface area contributed by atoms with Crippen LogP contribution in [0.1, 0.15) is 33.9 Å². The van der Waals surface area contributed by atoms with Gasteiger partial charge in [-0.05, 0) is 52.0 Å². The zero-order valence-electron chi connectivity index (χ0n) is 12.4. The Balaban J connectivity index is 1.55. The second-order valence-corrected chi connectivity index (χ2v) is 6.27. The van der Waals surface area contributed by atoms with Crippen LogP contribution in [-0.2, 0) is 16.0 Å². The summed E-state index contributed by atoms with van der Waals surface area (Å²) < 4.78 is 5.74. The van der Waals surface area contributed by atoms with E-state index in [9.17, 15) is 9.59 Å². The molecule has 1 aliphatic rings. The van der Waals surface area contributed by atoms with Crippen LogP contribution in [0.15, 0.2) is 53.0 Å². The Hall–Kier alpha value is -2.14. The highest BCUT2D eigenvalue weighted by molar-refractivity contribution is 9.10. The molecule has 1 N–H and O–H groups in total. The summed E-state index contributed by atoms with van der Waals surface area (Å²) >= 11 is 3.29. The van der Waals surface area contributed by atoms with E-state index in [1.807, 2.05) is 24.3 Å². The van der Waals surface area contributed by atoms with E-state index >= 15 is 0 Å². The summed E-state index contributed by atoms with van der Waals surface area (Å²) in [6.45, 7) is -0.279. The van der Waals surface area contributed by atoms with Crippen LogP contribution in [0.3, 0.4) is 0 Å². The lowest BCUT2D eigenvalue weighted by atomic mass is 10.1. The first-order chi connectivity index (χ1) is 11.1. The van der Waals surface area contributed by atoms with Crippen LogP contribution in [0.2, 0.25) is 0 Å². The summed E-state index contributed by atoms with van der Waals surface area (Å²) in [5, 5.41) is 2.93. The maximum Gasteiger partial charge on any atom is 0.339 e. The van der Waals surface area contributed by atoms with Crippen molar-refractivity contribution in [1.29, 1.82) is 0 Å². The summed E-state index contributed by atoms with van der Waals surface area (Å²) in [6.07, 6.45) is 1.83. The molecule has 1 aliphatic carbocycles. The first kappa shape index (κ1) is 15.7. The van der Waals surface area contributed by atoms with Gasteiger partial charge in [0.05, 0.1) is 11.6 Å². The number of amides is 1. The molecule has 3 rings (SSSR count). The van der Waals surface area contributed by atoms with Crippen molar-refractivity contribution in [2.75, 3.05) is 6.61 Å². The number of hydrogen-bond acceptors (Lipinski definition) is 3. The first-order valence-corrected chi connectivity index (χ1v) is 8.23. The van der Waals surface area contributed by atoms with E-state index in [1.54, 1.807) is 18.2 Å². The van der Waals surface area contributed by atoms with Gasteiger partial charge in [0.2, 0.25) is 0 Å². The molecule has 0 aliphatic heterocycles. The second kappa shape index (κ2) is 6.96. The number of hydrogen-bond donors (Lipinski definition) is 1. The average Bonchev–Trinajstić information content (AvgIpc) is 2.96. The third-order valence-electron chi connectivity index (χ3n) is 3.90. The molecule has 0 fully saturated rings. The lowest BCUT2D eigenvalue weighted by Gasteiger charge is -2.14. The molecule has 2 aromatic carbocycles. The SMILES string of the molecule is O=C(COC(=O)c1ccccc1Br)N[C@@H]1CCc2ccccc21. The van der Waals surface area contributed by atoms with E-state index < -0.39 is 5.97 Å². The zero-order valence-corrected chi connectivity index (χ0v) is 14.0. The fourth-order valence-electron chi connectivity index (χ4n) is 2.78. The molecule has 0 bridgehead atoms. The van der Waals surface area contributed by atoms with Crippen molar-refractivity contribution in [3.63, 3.8) is 0 Å². The number of halogens is 1. The molecule has 0 radical (unpaired) electrons. The van der Waals surface area contributed by atoms with Crippen LogP contribution in [-0.4, -0.2) is 18.5 Å². The van der Waals surface area contributed by atoms with Gasteiger partial charge in [0.1, 0.15) is 0 Å². The van der Waals surface area contributed by atoms with Crippen molar-refractivity contribution in [3.8, 4) is 0 Å². The highest BCUT2D eigenvalue weighted by Gasteiger charge is 2.23. The number of nitrogens with one attached hydrogen (secondary N) is 1. The Bertz CT molecular complexity index is 745. The predicted octanol–water partition coefficient (Wildman–Crippen LogP) is 3.41. The summed E-state index contributed by atoms with van der Waals surface area (Å²) in [7, 11) is 0. The maximum absolute atomic E-state index is 12.0. The van der Waals surface area contributed by atoms with Gasteiger partial charge in [0, 0.05) is 4.47 Å². The Morgan fingerprint density at radius 1 is 1.13 bits per heavy atom. The lowest BCUT2D eigenvalue weighted by molar-refractivity contribution is -0.125. The smallest absolute Gasteiger partial charge is 0.339 e. The standard InChI is InChI=1S/C18H16BrNO3/c19-15-8-4-3-7-14(15)18(22)23-11-17(21)20-16-10-9-12-5-1-2-6-13(12)16/h1-8,16H,9-11H2,(H,20,21)/t16-/m1/s1. The van der Waals surface area contributed by atoms with Crippen LogP contribution >= 0.6 is 15.9 Å². The third kappa shape index (κ3) is 3.62. The Kier molecular flexibility index (Phi) is 4.76. The minimum Gasteiger partial charge on any atom is -0.452 e. The molecule has 0 aromatic heterocycles. The molecule has 23 heavy (non-hydrogen) atoms. The van der Waals surface area contributed by atoms with Crippen LogP contribution in [0.4, 0.5) is 0 Å². The molecule has 0 spiro atoms. The van der Waals surface area contributed by atoms with Crippen molar-refractivity contribution in [2.45, 2.75) is 18.9 Å². The highest BCUT2D eigenvalue weighted by atomic mass is 79.9. The average molecular weight is 374 g/mol. The van der Waals surface area contributed by atoms with E-state index in [1.165, 1.54) is 5.56 Å². The van der Waals surface area contributed by atoms with Crippen LogP contribution in [0.25, 0.3) is 0 Å². The first-order valence-electron chi connectivity index (χ1n) is 7.44. The van der Waals surface area contributed by atoms with E-state index in [2.05, 4.69) is 27.3 Å². The molecular weight excluding hydrogens is 358 g/mol. The van der Waals surface area contributed by atoms with Crippen molar-refractivity contribution >= 4 is 27.8 Å². The number of carbonyl (C=O) groups excluding carboxylic acids is 2.